The van der Waals surface area contributed by atoms with Gasteiger partial charge in [0, 0.05) is 11.8 Å². The number of benzene rings is 1. The van der Waals surface area contributed by atoms with Gasteiger partial charge in [0.15, 0.2) is 27.3 Å². The van der Waals surface area contributed by atoms with Gasteiger partial charge in [0.1, 0.15) is 0 Å². The van der Waals surface area contributed by atoms with Crippen molar-refractivity contribution in [2.45, 2.75) is 19.4 Å². The summed E-state index contributed by atoms with van der Waals surface area (Å²) in [5.41, 5.74) is 0.819. The quantitative estimate of drug-likeness (QED) is 0.759. The third-order valence-corrected chi connectivity index (χ3v) is 6.36. The maximum absolute atomic E-state index is 12.6. The van der Waals surface area contributed by atoms with Gasteiger partial charge in [0.05, 0.1) is 23.3 Å². The van der Waals surface area contributed by atoms with E-state index in [0.29, 0.717) is 29.3 Å². The Labute approximate surface area is 149 Å². The molecule has 3 aliphatic rings. The molecule has 10 heteroatoms. The summed E-state index contributed by atoms with van der Waals surface area (Å²) in [6, 6.07) is 4.43. The highest BCUT2D eigenvalue weighted by atomic mass is 32.2. The second kappa shape index (κ2) is 5.97. The molecule has 9 nitrogen and oxygen atoms in total. The Kier molecular flexibility index (Phi) is 3.87. The fourth-order valence-electron chi connectivity index (χ4n) is 3.31. The summed E-state index contributed by atoms with van der Waals surface area (Å²) in [5, 5.41) is 7.99. The number of sulfone groups is 1. The van der Waals surface area contributed by atoms with Gasteiger partial charge in [-0.2, -0.15) is 5.10 Å². The highest BCUT2D eigenvalue weighted by Gasteiger charge is 2.44. The van der Waals surface area contributed by atoms with Gasteiger partial charge in [-0.25, -0.2) is 13.4 Å². The first-order valence-corrected chi connectivity index (χ1v) is 9.95. The summed E-state index contributed by atoms with van der Waals surface area (Å²) in [7, 11) is -3.16. The zero-order valence-electron chi connectivity index (χ0n) is 14.0. The van der Waals surface area contributed by atoms with Gasteiger partial charge in [-0.1, -0.05) is 0 Å². The van der Waals surface area contributed by atoms with Gasteiger partial charge in [0.2, 0.25) is 12.7 Å². The Bertz CT molecular complexity index is 926. The van der Waals surface area contributed by atoms with E-state index in [-0.39, 0.29) is 18.3 Å². The highest BCUT2D eigenvalue weighted by Crippen LogP contribution is 2.34. The molecule has 1 fully saturated rings. The molecule has 26 heavy (non-hydrogen) atoms. The largest absolute Gasteiger partial charge is 0.454 e. The van der Waals surface area contributed by atoms with Crippen molar-refractivity contribution in [2.75, 3.05) is 23.6 Å². The smallest absolute Gasteiger partial charge is 0.261 e. The number of hydrogen-bond donors (Lipinski definition) is 1. The second-order valence-electron chi connectivity index (χ2n) is 6.47. The normalized spacial score (nSPS) is 26.1. The summed E-state index contributed by atoms with van der Waals surface area (Å²) >= 11 is 0. The maximum atomic E-state index is 12.6. The molecule has 138 valence electrons. The first-order valence-electron chi connectivity index (χ1n) is 8.13. The van der Waals surface area contributed by atoms with Crippen LogP contribution in [0.3, 0.4) is 0 Å². The van der Waals surface area contributed by atoms with Crippen molar-refractivity contribution in [2.24, 2.45) is 11.0 Å². The molecular formula is C16H17N3O6S. The van der Waals surface area contributed by atoms with Crippen molar-refractivity contribution in [1.29, 1.82) is 0 Å². The number of nitrogens with one attached hydrogen (secondary N) is 1. The molecule has 4 rings (SSSR count). The Hall–Kier alpha value is -2.62. The molecule has 3 aliphatic heterocycles. The van der Waals surface area contributed by atoms with Crippen molar-refractivity contribution in [3.05, 3.63) is 18.2 Å². The zero-order chi connectivity index (χ0) is 18.5. The number of rotatable bonds is 3. The van der Waals surface area contributed by atoms with Gasteiger partial charge in [-0.05, 0) is 25.5 Å². The number of fused-ring (bicyclic) bond motifs is 1. The fraction of sp³-hybridized carbons (Fsp3) is 0.438. The highest BCUT2D eigenvalue weighted by molar-refractivity contribution is 7.91. The molecule has 0 aliphatic carbocycles. The summed E-state index contributed by atoms with van der Waals surface area (Å²) in [5.74, 6) is -1.06. The molecule has 0 radical (unpaired) electrons. The number of ether oxygens (including phenoxy) is 2. The first kappa shape index (κ1) is 16.8. The summed E-state index contributed by atoms with van der Waals surface area (Å²) < 4.78 is 33.8. The van der Waals surface area contributed by atoms with Crippen LogP contribution in [0.2, 0.25) is 0 Å². The number of carbonyl (C=O) groups excluding carboxylic acids is 2. The van der Waals surface area contributed by atoms with E-state index in [1.54, 1.807) is 25.1 Å². The van der Waals surface area contributed by atoms with E-state index in [1.165, 1.54) is 0 Å². The summed E-state index contributed by atoms with van der Waals surface area (Å²) in [6.45, 7) is 1.71. The van der Waals surface area contributed by atoms with Gasteiger partial charge < -0.3 is 14.8 Å². The molecule has 0 bridgehead atoms. The molecule has 0 spiro atoms. The second-order valence-corrected chi connectivity index (χ2v) is 8.70. The minimum absolute atomic E-state index is 0.0318. The topological polar surface area (TPSA) is 114 Å². The maximum Gasteiger partial charge on any atom is 0.261 e. The minimum atomic E-state index is -3.16. The number of nitrogens with zero attached hydrogens (tertiary/aromatic N) is 2. The third-order valence-electron chi connectivity index (χ3n) is 4.61. The zero-order valence-corrected chi connectivity index (χ0v) is 14.8. The Morgan fingerprint density at radius 1 is 1.31 bits per heavy atom. The fourth-order valence-corrected chi connectivity index (χ4v) is 5.00. The molecule has 1 aromatic carbocycles. The predicted molar refractivity (Wildman–Crippen MR) is 91.7 cm³/mol. The Morgan fingerprint density at radius 2 is 2.08 bits per heavy atom. The molecule has 0 saturated carbocycles. The molecule has 1 aromatic rings. The third kappa shape index (κ3) is 2.90. The van der Waals surface area contributed by atoms with Gasteiger partial charge in [0.25, 0.3) is 5.91 Å². The number of hydrogen-bond acceptors (Lipinski definition) is 7. The van der Waals surface area contributed by atoms with E-state index >= 15 is 0 Å². The number of hydrazone groups is 1. The van der Waals surface area contributed by atoms with Crippen LogP contribution in [0.1, 0.15) is 13.3 Å². The van der Waals surface area contributed by atoms with Crippen molar-refractivity contribution in [3.63, 3.8) is 0 Å². The number of amides is 2. The molecule has 1 saturated heterocycles. The lowest BCUT2D eigenvalue weighted by molar-refractivity contribution is -0.137. The number of anilines is 1. The lowest BCUT2D eigenvalue weighted by Gasteiger charge is -2.19. The van der Waals surface area contributed by atoms with E-state index in [0.717, 1.165) is 5.01 Å². The Balaban J connectivity index is 1.48. The molecule has 0 unspecified atom stereocenters. The lowest BCUT2D eigenvalue weighted by Crippen LogP contribution is -2.40. The molecule has 0 aromatic heterocycles. The molecule has 3 heterocycles. The lowest BCUT2D eigenvalue weighted by atomic mass is 10.0. The van der Waals surface area contributed by atoms with Crippen molar-refractivity contribution >= 4 is 33.1 Å². The molecule has 1 N–H and O–H groups in total. The van der Waals surface area contributed by atoms with Crippen LogP contribution in [-0.2, 0) is 19.4 Å². The van der Waals surface area contributed by atoms with E-state index in [1.807, 2.05) is 0 Å². The van der Waals surface area contributed by atoms with E-state index in [9.17, 15) is 18.0 Å². The van der Waals surface area contributed by atoms with Gasteiger partial charge in [-0.3, -0.25) is 9.59 Å². The summed E-state index contributed by atoms with van der Waals surface area (Å²) in [4.78, 5) is 25.2. The minimum Gasteiger partial charge on any atom is -0.454 e. The predicted octanol–water partition coefficient (Wildman–Crippen LogP) is 0.375. The average Bonchev–Trinajstić information content (AvgIpc) is 3.24. The van der Waals surface area contributed by atoms with Crippen LogP contribution >= 0.6 is 0 Å². The first-order chi connectivity index (χ1) is 12.3. The van der Waals surface area contributed by atoms with Crippen LogP contribution < -0.4 is 14.8 Å². The monoisotopic (exact) mass is 379 g/mol. The van der Waals surface area contributed by atoms with Crippen LogP contribution in [0.4, 0.5) is 5.69 Å². The van der Waals surface area contributed by atoms with Gasteiger partial charge in [-0.15, -0.1) is 0 Å². The van der Waals surface area contributed by atoms with Crippen LogP contribution in [0.15, 0.2) is 23.3 Å². The van der Waals surface area contributed by atoms with Crippen molar-refractivity contribution < 1.29 is 27.5 Å². The van der Waals surface area contributed by atoms with Gasteiger partial charge >= 0.3 is 0 Å². The molecular weight excluding hydrogens is 362 g/mol. The summed E-state index contributed by atoms with van der Waals surface area (Å²) in [6.07, 6.45) is 0.335. The van der Waals surface area contributed by atoms with E-state index in [4.69, 9.17) is 9.47 Å². The standard InChI is InChI=1S/C16H17N3O6S/c1-9-14(16(21)19(18-9)11-4-5-26(22,23)7-11)15(20)17-10-2-3-12-13(6-10)25-8-24-12/h2-3,6,11,14H,4-5,7-8H2,1H3,(H,17,20)/t11-,14+/m1/s1. The van der Waals surface area contributed by atoms with Crippen LogP contribution in [0.25, 0.3) is 0 Å². The van der Waals surface area contributed by atoms with Crippen LogP contribution in [-0.4, -0.2) is 55.3 Å². The Morgan fingerprint density at radius 3 is 2.81 bits per heavy atom. The van der Waals surface area contributed by atoms with Crippen LogP contribution in [0.5, 0.6) is 11.5 Å². The van der Waals surface area contributed by atoms with Crippen molar-refractivity contribution in [1.82, 2.24) is 5.01 Å². The van der Waals surface area contributed by atoms with E-state index in [2.05, 4.69) is 10.4 Å². The average molecular weight is 379 g/mol. The van der Waals surface area contributed by atoms with Crippen molar-refractivity contribution in [3.8, 4) is 11.5 Å². The molecule has 2 atom stereocenters. The van der Waals surface area contributed by atoms with Crippen LogP contribution in [0, 0.1) is 5.92 Å². The molecule has 2 amide bonds. The van der Waals surface area contributed by atoms with E-state index < -0.39 is 33.6 Å². The number of carbonyl (C=O) groups is 2. The SMILES string of the molecule is CC1=NN([C@@H]2CCS(=O)(=O)C2)C(=O)[C@@H]1C(=O)Nc1ccc2c(c1)OCO2.